The van der Waals surface area contributed by atoms with E-state index in [1.54, 1.807) is 4.57 Å². The van der Waals surface area contributed by atoms with Gasteiger partial charge in [0.1, 0.15) is 18.5 Å². The summed E-state index contributed by atoms with van der Waals surface area (Å²) in [5.41, 5.74) is 0.997. The summed E-state index contributed by atoms with van der Waals surface area (Å²) in [5, 5.41) is 23.1. The molecule has 119 valence electrons. The minimum atomic E-state index is -1.08. The van der Waals surface area contributed by atoms with Gasteiger partial charge in [0, 0.05) is 32.7 Å². The van der Waals surface area contributed by atoms with Gasteiger partial charge in [0.2, 0.25) is 0 Å². The van der Waals surface area contributed by atoms with Gasteiger partial charge in [-0.15, -0.1) is 6.42 Å². The number of ether oxygens (including phenoxy) is 1. The van der Waals surface area contributed by atoms with E-state index in [2.05, 4.69) is 33.1 Å². The van der Waals surface area contributed by atoms with Crippen molar-refractivity contribution in [2.45, 2.75) is 31.0 Å². The van der Waals surface area contributed by atoms with Gasteiger partial charge in [0.25, 0.3) is 0 Å². The summed E-state index contributed by atoms with van der Waals surface area (Å²) >= 11 is 0. The molecule has 1 fully saturated rings. The Morgan fingerprint density at radius 2 is 2.13 bits per heavy atom. The quantitative estimate of drug-likeness (QED) is 0.486. The number of hydrogen-bond donors (Lipinski definition) is 3. The SMILES string of the molecule is C#CCNc1ncnc2c1ncn2C1OC(C[CH2-])C(O)C1O.[Y]. The summed E-state index contributed by atoms with van der Waals surface area (Å²) in [6, 6.07) is 0. The summed E-state index contributed by atoms with van der Waals surface area (Å²) in [7, 11) is 0. The molecular formula is C14H16N5O3Y-. The molecule has 23 heavy (non-hydrogen) atoms. The Kier molecular flexibility index (Phi) is 6.06. The Labute approximate surface area is 158 Å². The van der Waals surface area contributed by atoms with E-state index in [-0.39, 0.29) is 32.7 Å². The molecule has 0 bridgehead atoms. The number of imidazole rings is 1. The van der Waals surface area contributed by atoms with Gasteiger partial charge in [-0.3, -0.25) is 4.57 Å². The molecule has 2 aromatic heterocycles. The molecule has 0 amide bonds. The number of aliphatic hydroxyl groups is 2. The van der Waals surface area contributed by atoms with Crippen molar-refractivity contribution in [3.05, 3.63) is 19.6 Å². The minimum absolute atomic E-state index is 0. The second-order valence-corrected chi connectivity index (χ2v) is 4.94. The maximum Gasteiger partial charge on any atom is 0.167 e. The molecule has 4 atom stereocenters. The molecule has 1 aliphatic rings. The molecular weight excluding hydrogens is 375 g/mol. The maximum atomic E-state index is 10.2. The summed E-state index contributed by atoms with van der Waals surface area (Å²) in [4.78, 5) is 12.5. The first-order valence-corrected chi connectivity index (χ1v) is 6.83. The molecule has 4 unspecified atom stereocenters. The van der Waals surface area contributed by atoms with Gasteiger partial charge in [-0.05, 0) is 0 Å². The summed E-state index contributed by atoms with van der Waals surface area (Å²) in [6.45, 7) is 4.01. The zero-order chi connectivity index (χ0) is 15.7. The Morgan fingerprint density at radius 3 is 2.78 bits per heavy atom. The fourth-order valence-corrected chi connectivity index (χ4v) is 2.50. The van der Waals surface area contributed by atoms with Gasteiger partial charge >= 0.3 is 0 Å². The van der Waals surface area contributed by atoms with Gasteiger partial charge in [-0.1, -0.05) is 5.92 Å². The minimum Gasteiger partial charge on any atom is -0.388 e. The van der Waals surface area contributed by atoms with E-state index >= 15 is 0 Å². The van der Waals surface area contributed by atoms with E-state index < -0.39 is 24.5 Å². The smallest absolute Gasteiger partial charge is 0.167 e. The molecule has 3 heterocycles. The normalized spacial score (nSPS) is 26.7. The van der Waals surface area contributed by atoms with E-state index in [0.717, 1.165) is 0 Å². The molecule has 8 nitrogen and oxygen atoms in total. The van der Waals surface area contributed by atoms with Crippen molar-refractivity contribution in [1.29, 1.82) is 0 Å². The zero-order valence-corrected chi connectivity index (χ0v) is 15.2. The van der Waals surface area contributed by atoms with Crippen LogP contribution in [0.25, 0.3) is 11.2 Å². The third-order valence-corrected chi connectivity index (χ3v) is 3.61. The number of nitrogens with one attached hydrogen (secondary N) is 1. The predicted molar refractivity (Wildman–Crippen MR) is 78.5 cm³/mol. The molecule has 1 saturated heterocycles. The zero-order valence-electron chi connectivity index (χ0n) is 12.3. The van der Waals surface area contributed by atoms with Crippen molar-refractivity contribution in [2.75, 3.05) is 11.9 Å². The fraction of sp³-hybridized carbons (Fsp3) is 0.429. The Hall–Kier alpha value is -1.11. The molecule has 1 aliphatic heterocycles. The van der Waals surface area contributed by atoms with E-state index in [9.17, 15) is 10.2 Å². The van der Waals surface area contributed by atoms with Crippen molar-refractivity contribution < 1.29 is 47.7 Å². The van der Waals surface area contributed by atoms with Crippen LogP contribution in [0.4, 0.5) is 5.82 Å². The van der Waals surface area contributed by atoms with Gasteiger partial charge in [-0.2, -0.15) is 6.42 Å². The van der Waals surface area contributed by atoms with E-state index in [0.29, 0.717) is 29.9 Å². The van der Waals surface area contributed by atoms with Crippen molar-refractivity contribution in [1.82, 2.24) is 19.5 Å². The Morgan fingerprint density at radius 1 is 1.35 bits per heavy atom. The molecule has 0 spiro atoms. The largest absolute Gasteiger partial charge is 0.388 e. The van der Waals surface area contributed by atoms with Gasteiger partial charge in [0.05, 0.1) is 19.0 Å². The fourth-order valence-electron chi connectivity index (χ4n) is 2.50. The van der Waals surface area contributed by atoms with Crippen molar-refractivity contribution in [3.63, 3.8) is 0 Å². The average Bonchev–Trinajstić information content (AvgIpc) is 3.08. The molecule has 9 heteroatoms. The average molecular weight is 391 g/mol. The first-order valence-electron chi connectivity index (χ1n) is 6.83. The Balaban J connectivity index is 0.00000192. The van der Waals surface area contributed by atoms with Crippen LogP contribution in [0, 0.1) is 19.3 Å². The van der Waals surface area contributed by atoms with Crippen molar-refractivity contribution >= 4 is 17.0 Å². The predicted octanol–water partition coefficient (Wildman–Crippen LogP) is -0.288. The van der Waals surface area contributed by atoms with Crippen LogP contribution in [0.1, 0.15) is 12.6 Å². The second-order valence-electron chi connectivity index (χ2n) is 4.94. The van der Waals surface area contributed by atoms with Crippen LogP contribution in [-0.4, -0.2) is 54.6 Å². The van der Waals surface area contributed by atoms with E-state index in [4.69, 9.17) is 11.2 Å². The first kappa shape index (κ1) is 18.2. The third-order valence-electron chi connectivity index (χ3n) is 3.61. The number of terminal acetylenes is 1. The summed E-state index contributed by atoms with van der Waals surface area (Å²) < 4.78 is 7.23. The summed E-state index contributed by atoms with van der Waals surface area (Å²) in [6.07, 6.45) is 5.05. The van der Waals surface area contributed by atoms with Crippen molar-refractivity contribution in [2.24, 2.45) is 0 Å². The maximum absolute atomic E-state index is 10.2. The monoisotopic (exact) mass is 391 g/mol. The van der Waals surface area contributed by atoms with Crippen LogP contribution in [0.5, 0.6) is 0 Å². The Bertz CT molecular complexity index is 716. The van der Waals surface area contributed by atoms with Crippen LogP contribution in [0.15, 0.2) is 12.7 Å². The second kappa shape index (κ2) is 7.64. The van der Waals surface area contributed by atoms with Gasteiger partial charge < -0.3 is 27.2 Å². The van der Waals surface area contributed by atoms with Crippen LogP contribution < -0.4 is 5.32 Å². The molecule has 3 N–H and O–H groups in total. The number of aromatic nitrogens is 4. The molecule has 0 saturated carbocycles. The van der Waals surface area contributed by atoms with Crippen LogP contribution >= 0.6 is 0 Å². The molecule has 1 radical (unpaired) electrons. The molecule has 0 aromatic carbocycles. The van der Waals surface area contributed by atoms with E-state index in [1.165, 1.54) is 12.7 Å². The number of nitrogens with zero attached hydrogens (tertiary/aromatic N) is 4. The van der Waals surface area contributed by atoms with Crippen LogP contribution in [0.2, 0.25) is 0 Å². The standard InChI is InChI=1S/C14H16N5O3.Y/c1-3-5-15-12-9-13(17-6-16-12)19(7-18-9)14-11(21)10(20)8(4-2)22-14;/h1,6-8,10-11,14,20-21H,2,4-5H2,(H,15,16,17);/q-1;. The van der Waals surface area contributed by atoms with Gasteiger partial charge in [-0.25, -0.2) is 15.0 Å². The van der Waals surface area contributed by atoms with Gasteiger partial charge in [0.15, 0.2) is 23.2 Å². The number of hydrogen-bond acceptors (Lipinski definition) is 7. The van der Waals surface area contributed by atoms with Crippen molar-refractivity contribution in [3.8, 4) is 12.3 Å². The number of fused-ring (bicyclic) bond motifs is 1. The summed E-state index contributed by atoms with van der Waals surface area (Å²) in [5.74, 6) is 2.96. The van der Waals surface area contributed by atoms with E-state index in [1.807, 2.05) is 0 Å². The molecule has 0 aliphatic carbocycles. The number of anilines is 1. The number of aliphatic hydroxyl groups excluding tert-OH is 2. The topological polar surface area (TPSA) is 105 Å². The van der Waals surface area contributed by atoms with Crippen LogP contribution in [0.3, 0.4) is 0 Å². The number of rotatable bonds is 4. The van der Waals surface area contributed by atoms with Crippen LogP contribution in [-0.2, 0) is 37.4 Å². The third kappa shape index (κ3) is 3.25. The molecule has 2 aromatic rings. The molecule has 3 rings (SSSR count). The first-order chi connectivity index (χ1) is 10.7.